The van der Waals surface area contributed by atoms with Gasteiger partial charge in [0.25, 0.3) is 0 Å². The average molecular weight is 188 g/mol. The molecule has 1 fully saturated rings. The lowest BCUT2D eigenvalue weighted by Crippen LogP contribution is -2.16. The van der Waals surface area contributed by atoms with Crippen molar-refractivity contribution in [2.75, 3.05) is 13.7 Å². The molecule has 1 aliphatic rings. The Hall–Kier alpha value is -0.610. The molecular weight excluding hydrogens is 172 g/mol. The number of rotatable bonds is 3. The minimum Gasteiger partial charge on any atom is -0.469 e. The fraction of sp³-hybridized carbons (Fsp3) is 0.889. The molecule has 1 rings (SSSR count). The van der Waals surface area contributed by atoms with Crippen molar-refractivity contribution in [2.24, 2.45) is 11.8 Å². The largest absolute Gasteiger partial charge is 0.469 e. The van der Waals surface area contributed by atoms with E-state index in [9.17, 15) is 9.90 Å². The average Bonchev–Trinajstić information content (AvgIpc) is 2.46. The smallest absolute Gasteiger partial charge is 0.305 e. The molecule has 1 saturated carbocycles. The van der Waals surface area contributed by atoms with Crippen LogP contribution >= 0.6 is 0 Å². The minimum atomic E-state index is -0.369. The molecule has 13 heavy (non-hydrogen) atoms. The van der Waals surface area contributed by atoms with Gasteiger partial charge in [-0.2, -0.15) is 0 Å². The molecule has 0 spiro atoms. The highest BCUT2D eigenvalue weighted by molar-refractivity contribution is 5.69. The van der Waals surface area contributed by atoms with Crippen LogP contribution in [0.5, 0.6) is 0 Å². The van der Waals surface area contributed by atoms with Gasteiger partial charge in [-0.15, -0.1) is 0 Å². The first-order valence-corrected chi connectivity index (χ1v) is 4.53. The van der Waals surface area contributed by atoms with Crippen LogP contribution in [0.2, 0.25) is 0 Å². The maximum atomic E-state index is 11.0. The van der Waals surface area contributed by atoms with Crippen LogP contribution in [0.25, 0.3) is 0 Å². The van der Waals surface area contributed by atoms with Gasteiger partial charge < -0.3 is 14.9 Å². The summed E-state index contributed by atoms with van der Waals surface area (Å²) in [6, 6.07) is 0. The highest BCUT2D eigenvalue weighted by atomic mass is 16.5. The number of esters is 1. The van der Waals surface area contributed by atoms with Crippen LogP contribution in [-0.2, 0) is 9.53 Å². The van der Waals surface area contributed by atoms with Crippen molar-refractivity contribution in [1.82, 2.24) is 0 Å². The third-order valence-electron chi connectivity index (χ3n) is 2.71. The molecule has 0 aromatic rings. The van der Waals surface area contributed by atoms with Crippen molar-refractivity contribution in [2.45, 2.75) is 25.4 Å². The number of carbonyl (C=O) groups excluding carboxylic acids is 1. The molecule has 1 aliphatic carbocycles. The zero-order chi connectivity index (χ0) is 9.84. The number of hydrogen-bond acceptors (Lipinski definition) is 4. The summed E-state index contributed by atoms with van der Waals surface area (Å²) in [5.74, 6) is -0.140. The van der Waals surface area contributed by atoms with Gasteiger partial charge in [0.2, 0.25) is 0 Å². The van der Waals surface area contributed by atoms with Crippen LogP contribution in [0.1, 0.15) is 19.3 Å². The van der Waals surface area contributed by atoms with E-state index in [1.165, 1.54) is 7.11 Å². The van der Waals surface area contributed by atoms with Gasteiger partial charge in [-0.3, -0.25) is 4.79 Å². The number of methoxy groups -OCH3 is 1. The summed E-state index contributed by atoms with van der Waals surface area (Å²) in [7, 11) is 1.35. The number of aliphatic hydroxyl groups excluding tert-OH is 2. The summed E-state index contributed by atoms with van der Waals surface area (Å²) in [5, 5.41) is 18.3. The van der Waals surface area contributed by atoms with Gasteiger partial charge in [-0.1, -0.05) is 0 Å². The van der Waals surface area contributed by atoms with Gasteiger partial charge in [0.15, 0.2) is 0 Å². The van der Waals surface area contributed by atoms with E-state index < -0.39 is 0 Å². The Balaban J connectivity index is 2.43. The monoisotopic (exact) mass is 188 g/mol. The normalized spacial score (nSPS) is 33.3. The predicted molar refractivity (Wildman–Crippen MR) is 45.9 cm³/mol. The molecule has 0 aliphatic heterocycles. The lowest BCUT2D eigenvalue weighted by molar-refractivity contribution is -0.142. The summed E-state index contributed by atoms with van der Waals surface area (Å²) < 4.78 is 4.54. The van der Waals surface area contributed by atoms with E-state index in [2.05, 4.69) is 4.74 Å². The van der Waals surface area contributed by atoms with E-state index in [4.69, 9.17) is 5.11 Å². The lowest BCUT2D eigenvalue weighted by atomic mass is 9.94. The van der Waals surface area contributed by atoms with E-state index in [0.29, 0.717) is 19.3 Å². The molecule has 0 aromatic heterocycles. The van der Waals surface area contributed by atoms with Crippen LogP contribution in [0.4, 0.5) is 0 Å². The van der Waals surface area contributed by atoms with Crippen molar-refractivity contribution >= 4 is 5.97 Å². The minimum absolute atomic E-state index is 0.0404. The number of hydrogen-bond donors (Lipinski definition) is 2. The Kier molecular flexibility index (Phi) is 3.69. The Labute approximate surface area is 77.5 Å². The first-order chi connectivity index (χ1) is 6.17. The number of aliphatic hydroxyl groups is 2. The Morgan fingerprint density at radius 3 is 2.62 bits per heavy atom. The highest BCUT2D eigenvalue weighted by Gasteiger charge is 2.34. The van der Waals surface area contributed by atoms with Gasteiger partial charge in [-0.05, 0) is 24.7 Å². The first kappa shape index (κ1) is 10.5. The van der Waals surface area contributed by atoms with Crippen LogP contribution in [0.3, 0.4) is 0 Å². The Morgan fingerprint density at radius 1 is 1.46 bits per heavy atom. The fourth-order valence-electron chi connectivity index (χ4n) is 1.95. The second kappa shape index (κ2) is 4.58. The number of ether oxygens (including phenoxy) is 1. The third-order valence-corrected chi connectivity index (χ3v) is 2.71. The topological polar surface area (TPSA) is 66.8 Å². The molecule has 0 radical (unpaired) electrons. The zero-order valence-electron chi connectivity index (χ0n) is 7.77. The van der Waals surface area contributed by atoms with E-state index in [1.54, 1.807) is 0 Å². The van der Waals surface area contributed by atoms with Gasteiger partial charge in [0.1, 0.15) is 0 Å². The molecule has 0 amide bonds. The summed E-state index contributed by atoms with van der Waals surface area (Å²) >= 11 is 0. The summed E-state index contributed by atoms with van der Waals surface area (Å²) in [6.07, 6.45) is 1.13. The predicted octanol–water partition coefficient (Wildman–Crippen LogP) is -0.0711. The van der Waals surface area contributed by atoms with E-state index in [0.717, 1.165) is 0 Å². The fourth-order valence-corrected chi connectivity index (χ4v) is 1.95. The molecule has 4 nitrogen and oxygen atoms in total. The molecule has 0 saturated heterocycles. The van der Waals surface area contributed by atoms with Crippen LogP contribution in [0.15, 0.2) is 0 Å². The zero-order valence-corrected chi connectivity index (χ0v) is 7.77. The van der Waals surface area contributed by atoms with Gasteiger partial charge in [-0.25, -0.2) is 0 Å². The maximum absolute atomic E-state index is 11.0. The standard InChI is InChI=1S/C9H16O4/c1-13-9(12)4-6-2-8(11)3-7(6)5-10/h6-8,10-11H,2-5H2,1H3. The molecule has 4 heteroatoms. The quantitative estimate of drug-likeness (QED) is 0.608. The van der Waals surface area contributed by atoms with Gasteiger partial charge in [0.05, 0.1) is 13.2 Å². The van der Waals surface area contributed by atoms with Crippen LogP contribution < -0.4 is 0 Å². The summed E-state index contributed by atoms with van der Waals surface area (Å²) in [4.78, 5) is 11.0. The molecule has 0 bridgehead atoms. The van der Waals surface area contributed by atoms with E-state index in [-0.39, 0.29) is 30.5 Å². The molecular formula is C9H16O4. The first-order valence-electron chi connectivity index (χ1n) is 4.53. The lowest BCUT2D eigenvalue weighted by Gasteiger charge is -2.14. The van der Waals surface area contributed by atoms with Crippen molar-refractivity contribution in [3.8, 4) is 0 Å². The molecule has 0 aromatic carbocycles. The number of carbonyl (C=O) groups is 1. The maximum Gasteiger partial charge on any atom is 0.305 e. The summed E-state index contributed by atoms with van der Waals surface area (Å²) in [5.41, 5.74) is 0. The Morgan fingerprint density at radius 2 is 2.08 bits per heavy atom. The molecule has 3 unspecified atom stereocenters. The third kappa shape index (κ3) is 2.67. The van der Waals surface area contributed by atoms with Crippen molar-refractivity contribution in [3.63, 3.8) is 0 Å². The van der Waals surface area contributed by atoms with Crippen molar-refractivity contribution < 1.29 is 19.7 Å². The van der Waals surface area contributed by atoms with Gasteiger partial charge in [0, 0.05) is 13.0 Å². The second-order valence-corrected chi connectivity index (χ2v) is 3.61. The van der Waals surface area contributed by atoms with Gasteiger partial charge >= 0.3 is 5.97 Å². The van der Waals surface area contributed by atoms with Crippen molar-refractivity contribution in [3.05, 3.63) is 0 Å². The molecule has 76 valence electrons. The second-order valence-electron chi connectivity index (χ2n) is 3.61. The van der Waals surface area contributed by atoms with Crippen LogP contribution in [-0.4, -0.2) is 36.0 Å². The van der Waals surface area contributed by atoms with E-state index in [1.807, 2.05) is 0 Å². The van der Waals surface area contributed by atoms with Crippen molar-refractivity contribution in [1.29, 1.82) is 0 Å². The highest BCUT2D eigenvalue weighted by Crippen LogP contribution is 2.34. The van der Waals surface area contributed by atoms with E-state index >= 15 is 0 Å². The Bertz CT molecular complexity index is 180. The molecule has 2 N–H and O–H groups in total. The summed E-state index contributed by atoms with van der Waals surface area (Å²) in [6.45, 7) is 0.0404. The molecule has 0 heterocycles. The molecule has 3 atom stereocenters. The van der Waals surface area contributed by atoms with Crippen LogP contribution in [0, 0.1) is 11.8 Å². The SMILES string of the molecule is COC(=O)CC1CC(O)CC1CO.